The molecule has 3 aromatic rings. The zero-order chi connectivity index (χ0) is 17.8. The van der Waals surface area contributed by atoms with E-state index in [2.05, 4.69) is 0 Å². The van der Waals surface area contributed by atoms with Gasteiger partial charge in [-0.3, -0.25) is 4.57 Å². The summed E-state index contributed by atoms with van der Waals surface area (Å²) in [5.41, 5.74) is 3.71. The Morgan fingerprint density at radius 2 is 1.52 bits per heavy atom. The lowest BCUT2D eigenvalue weighted by molar-refractivity contribution is 0.459. The summed E-state index contributed by atoms with van der Waals surface area (Å²) in [6.07, 6.45) is 0. The molecule has 4 rings (SSSR count). The first-order valence-corrected chi connectivity index (χ1v) is 9.55. The second-order valence-corrected chi connectivity index (χ2v) is 8.59. The summed E-state index contributed by atoms with van der Waals surface area (Å²) in [5, 5.41) is 20.7. The fraction of sp³-hybridized carbons (Fsp3) is 0.100. The van der Waals surface area contributed by atoms with Crippen molar-refractivity contribution < 1.29 is 19.3 Å². The summed E-state index contributed by atoms with van der Waals surface area (Å²) in [7, 11) is -3.60. The second kappa shape index (κ2) is 5.40. The Labute approximate surface area is 145 Å². The summed E-state index contributed by atoms with van der Waals surface area (Å²) in [5.74, 6) is 0.271. The fourth-order valence-electron chi connectivity index (χ4n) is 3.16. The molecule has 0 spiro atoms. The van der Waals surface area contributed by atoms with Crippen molar-refractivity contribution in [3.63, 3.8) is 0 Å². The van der Waals surface area contributed by atoms with E-state index in [-0.39, 0.29) is 16.8 Å². The zero-order valence-corrected chi connectivity index (χ0v) is 14.7. The molecule has 1 aliphatic heterocycles. The van der Waals surface area contributed by atoms with Crippen molar-refractivity contribution in [1.82, 2.24) is 0 Å². The molecule has 1 unspecified atom stereocenters. The van der Waals surface area contributed by atoms with Gasteiger partial charge < -0.3 is 14.7 Å². The van der Waals surface area contributed by atoms with E-state index < -0.39 is 7.37 Å². The van der Waals surface area contributed by atoms with Crippen LogP contribution >= 0.6 is 7.37 Å². The average molecular weight is 352 g/mol. The third-order valence-electron chi connectivity index (χ3n) is 4.40. The van der Waals surface area contributed by atoms with Crippen molar-refractivity contribution in [2.24, 2.45) is 0 Å². The SMILES string of the molecule is Cc1ccc2c(c1)-c1ccc(C)cc1P(=O)(c1cc(O)ccc1O)O2. The van der Waals surface area contributed by atoms with E-state index >= 15 is 0 Å². The molecule has 1 aliphatic rings. The number of benzene rings is 3. The molecule has 1 heterocycles. The molecule has 0 radical (unpaired) electrons. The molecule has 0 bridgehead atoms. The summed E-state index contributed by atoms with van der Waals surface area (Å²) < 4.78 is 19.9. The Hall–Kier alpha value is -2.71. The summed E-state index contributed by atoms with van der Waals surface area (Å²) in [4.78, 5) is 0. The van der Waals surface area contributed by atoms with E-state index in [9.17, 15) is 14.8 Å². The predicted molar refractivity (Wildman–Crippen MR) is 98.6 cm³/mol. The number of phenolic OH excluding ortho intramolecular Hbond substituents is 2. The van der Waals surface area contributed by atoms with Gasteiger partial charge in [0.05, 0.1) is 10.6 Å². The van der Waals surface area contributed by atoms with Gasteiger partial charge in [-0.25, -0.2) is 0 Å². The highest BCUT2D eigenvalue weighted by atomic mass is 31.2. The van der Waals surface area contributed by atoms with E-state index in [1.54, 1.807) is 6.07 Å². The van der Waals surface area contributed by atoms with Gasteiger partial charge in [-0.15, -0.1) is 0 Å². The number of hydrogen-bond acceptors (Lipinski definition) is 4. The van der Waals surface area contributed by atoms with Gasteiger partial charge in [-0.2, -0.15) is 0 Å². The van der Waals surface area contributed by atoms with Crippen molar-refractivity contribution in [3.05, 3.63) is 65.7 Å². The second-order valence-electron chi connectivity index (χ2n) is 6.34. The van der Waals surface area contributed by atoms with Gasteiger partial charge in [0.15, 0.2) is 0 Å². The minimum Gasteiger partial charge on any atom is -0.508 e. The van der Waals surface area contributed by atoms with Gasteiger partial charge in [0.2, 0.25) is 0 Å². The maximum atomic E-state index is 13.9. The highest BCUT2D eigenvalue weighted by Crippen LogP contribution is 2.55. The molecule has 1 atom stereocenters. The number of hydrogen-bond donors (Lipinski definition) is 2. The minimum atomic E-state index is -3.60. The highest BCUT2D eigenvalue weighted by molar-refractivity contribution is 7.75. The normalized spacial score (nSPS) is 18.2. The number of fused-ring (bicyclic) bond motifs is 3. The Morgan fingerprint density at radius 1 is 0.800 bits per heavy atom. The van der Waals surface area contributed by atoms with E-state index in [0.717, 1.165) is 22.3 Å². The topological polar surface area (TPSA) is 66.8 Å². The van der Waals surface area contributed by atoms with Gasteiger partial charge >= 0.3 is 7.37 Å². The van der Waals surface area contributed by atoms with E-state index in [1.165, 1.54) is 18.2 Å². The molecule has 2 N–H and O–H groups in total. The standard InChI is InChI=1S/C20H17O4P/c1-12-4-8-18-16(9-12)15-6-3-13(2)10-19(15)25(23,24-18)20-11-14(21)5-7-17(20)22/h3-11,21-22H,1-2H3. The molecule has 5 heteroatoms. The smallest absolute Gasteiger partial charge is 0.311 e. The van der Waals surface area contributed by atoms with Crippen LogP contribution < -0.4 is 15.1 Å². The summed E-state index contributed by atoms with van der Waals surface area (Å²) in [6, 6.07) is 15.4. The summed E-state index contributed by atoms with van der Waals surface area (Å²) >= 11 is 0. The van der Waals surface area contributed by atoms with Crippen LogP contribution in [-0.2, 0) is 4.57 Å². The molecule has 0 saturated carbocycles. The predicted octanol–water partition coefficient (Wildman–Crippen LogP) is 4.00. The van der Waals surface area contributed by atoms with E-state index in [1.807, 2.05) is 44.2 Å². The first-order chi connectivity index (χ1) is 11.9. The van der Waals surface area contributed by atoms with E-state index in [0.29, 0.717) is 11.1 Å². The first kappa shape index (κ1) is 15.8. The Balaban J connectivity index is 2.06. The molecule has 25 heavy (non-hydrogen) atoms. The molecule has 0 aliphatic carbocycles. The third-order valence-corrected chi connectivity index (χ3v) is 6.85. The first-order valence-electron chi connectivity index (χ1n) is 7.93. The minimum absolute atomic E-state index is 0.0736. The van der Waals surface area contributed by atoms with Crippen LogP contribution in [0, 0.1) is 13.8 Å². The summed E-state index contributed by atoms with van der Waals surface area (Å²) in [6.45, 7) is 3.90. The Kier molecular flexibility index (Phi) is 3.41. The van der Waals surface area contributed by atoms with Crippen molar-refractivity contribution in [1.29, 1.82) is 0 Å². The van der Waals surface area contributed by atoms with Crippen molar-refractivity contribution in [3.8, 4) is 28.4 Å². The third kappa shape index (κ3) is 2.41. The maximum Gasteiger partial charge on any atom is 0.311 e. The lowest BCUT2D eigenvalue weighted by atomic mass is 10.0. The molecule has 0 fully saturated rings. The van der Waals surface area contributed by atoms with Crippen LogP contribution in [0.3, 0.4) is 0 Å². The largest absolute Gasteiger partial charge is 0.508 e. The van der Waals surface area contributed by atoms with Crippen molar-refractivity contribution in [2.75, 3.05) is 0 Å². The van der Waals surface area contributed by atoms with Gasteiger partial charge in [0, 0.05) is 5.56 Å². The van der Waals surface area contributed by atoms with Gasteiger partial charge in [0.1, 0.15) is 17.2 Å². The molecular weight excluding hydrogens is 335 g/mol. The van der Waals surface area contributed by atoms with Crippen LogP contribution in [0.2, 0.25) is 0 Å². The lowest BCUT2D eigenvalue weighted by Crippen LogP contribution is -2.25. The molecule has 126 valence electrons. The molecular formula is C20H17O4P. The lowest BCUT2D eigenvalue weighted by Gasteiger charge is -2.29. The Bertz CT molecular complexity index is 1060. The molecule has 4 nitrogen and oxygen atoms in total. The monoisotopic (exact) mass is 352 g/mol. The van der Waals surface area contributed by atoms with Crippen molar-refractivity contribution >= 4 is 18.0 Å². The quantitative estimate of drug-likeness (QED) is 0.513. The number of aryl methyl sites for hydroxylation is 2. The van der Waals surface area contributed by atoms with Gasteiger partial charge in [0.25, 0.3) is 0 Å². The molecule has 0 saturated heterocycles. The van der Waals surface area contributed by atoms with Crippen LogP contribution in [-0.4, -0.2) is 10.2 Å². The zero-order valence-electron chi connectivity index (χ0n) is 13.9. The van der Waals surface area contributed by atoms with Gasteiger partial charge in [-0.05, 0) is 55.8 Å². The number of phenols is 2. The average Bonchev–Trinajstić information content (AvgIpc) is 2.58. The maximum absolute atomic E-state index is 13.9. The number of aromatic hydroxyl groups is 2. The van der Waals surface area contributed by atoms with Gasteiger partial charge in [-0.1, -0.05) is 29.3 Å². The number of rotatable bonds is 1. The van der Waals surface area contributed by atoms with Crippen LogP contribution in [0.25, 0.3) is 11.1 Å². The van der Waals surface area contributed by atoms with Crippen molar-refractivity contribution in [2.45, 2.75) is 13.8 Å². The van der Waals surface area contributed by atoms with Crippen LogP contribution in [0.5, 0.6) is 17.2 Å². The van der Waals surface area contributed by atoms with Crippen LogP contribution in [0.15, 0.2) is 54.6 Å². The fourth-order valence-corrected chi connectivity index (χ4v) is 5.62. The molecule has 3 aromatic carbocycles. The van der Waals surface area contributed by atoms with Crippen LogP contribution in [0.1, 0.15) is 11.1 Å². The molecule has 0 amide bonds. The Morgan fingerprint density at radius 3 is 2.32 bits per heavy atom. The van der Waals surface area contributed by atoms with Crippen LogP contribution in [0.4, 0.5) is 0 Å². The van der Waals surface area contributed by atoms with E-state index in [4.69, 9.17) is 4.52 Å². The molecule has 0 aromatic heterocycles. The highest BCUT2D eigenvalue weighted by Gasteiger charge is 2.40.